The number of rotatable bonds is 18. The number of carbonyl (C=O) groups is 2. The minimum absolute atomic E-state index is 0.0337. The first kappa shape index (κ1) is 32.4. The number of pyridine rings is 4. The zero-order valence-corrected chi connectivity index (χ0v) is 25.2. The molecule has 0 saturated carbocycles. The molecule has 230 valence electrons. The van der Waals surface area contributed by atoms with Crippen molar-refractivity contribution in [2.24, 2.45) is 5.73 Å². The molecule has 4 N–H and O–H groups in total. The molecule has 0 aromatic carbocycles. The lowest BCUT2D eigenvalue weighted by molar-refractivity contribution is -0.121. The molecular formula is C34H42N8O2. The molecule has 4 aromatic heterocycles. The van der Waals surface area contributed by atoms with Gasteiger partial charge in [0.05, 0.1) is 22.8 Å². The molecule has 10 heteroatoms. The first-order valence-corrected chi connectivity index (χ1v) is 15.3. The van der Waals surface area contributed by atoms with Gasteiger partial charge in [0.1, 0.15) is 0 Å². The number of nitrogens with zero attached hydrogens (tertiary/aromatic N) is 5. The van der Waals surface area contributed by atoms with Gasteiger partial charge in [0.15, 0.2) is 0 Å². The Hall–Kier alpha value is -4.54. The summed E-state index contributed by atoms with van der Waals surface area (Å²) in [5.74, 6) is 0.0673. The van der Waals surface area contributed by atoms with Crippen LogP contribution in [0.25, 0.3) is 22.8 Å². The molecule has 0 bridgehead atoms. The van der Waals surface area contributed by atoms with E-state index in [4.69, 9.17) is 5.73 Å². The Morgan fingerprint density at radius 1 is 0.614 bits per heavy atom. The minimum atomic E-state index is 0.0337. The maximum absolute atomic E-state index is 12.4. The van der Waals surface area contributed by atoms with Gasteiger partial charge in [-0.1, -0.05) is 12.1 Å². The number of aryl methyl sites for hydroxylation is 2. The Morgan fingerprint density at radius 3 is 1.52 bits per heavy atom. The van der Waals surface area contributed by atoms with Crippen molar-refractivity contribution in [3.05, 3.63) is 96.6 Å². The van der Waals surface area contributed by atoms with Crippen molar-refractivity contribution >= 4 is 11.8 Å². The lowest BCUT2D eigenvalue weighted by Gasteiger charge is -2.22. The third-order valence-electron chi connectivity index (χ3n) is 7.19. The predicted molar refractivity (Wildman–Crippen MR) is 172 cm³/mol. The molecule has 2 amide bonds. The van der Waals surface area contributed by atoms with E-state index in [9.17, 15) is 9.59 Å². The van der Waals surface area contributed by atoms with E-state index < -0.39 is 0 Å². The molecule has 44 heavy (non-hydrogen) atoms. The van der Waals surface area contributed by atoms with E-state index in [0.29, 0.717) is 52.1 Å². The molecule has 10 nitrogen and oxygen atoms in total. The fourth-order valence-corrected chi connectivity index (χ4v) is 4.88. The van der Waals surface area contributed by atoms with Crippen LogP contribution in [0.3, 0.4) is 0 Å². The first-order chi connectivity index (χ1) is 21.6. The van der Waals surface area contributed by atoms with Crippen LogP contribution >= 0.6 is 0 Å². The van der Waals surface area contributed by atoms with Crippen LogP contribution in [0.5, 0.6) is 0 Å². The first-order valence-electron chi connectivity index (χ1n) is 15.3. The fourth-order valence-electron chi connectivity index (χ4n) is 4.88. The van der Waals surface area contributed by atoms with Crippen molar-refractivity contribution in [2.45, 2.75) is 38.5 Å². The number of hydrogen-bond donors (Lipinski definition) is 3. The predicted octanol–water partition coefficient (Wildman–Crippen LogP) is 3.44. The standard InChI is InChI=1S/C34H42N8O2/c35-15-22-42(23-20-40-33(43)11-5-7-27-13-18-38-31(25-27)29-9-1-3-16-36-29)24-21-41-34(44)12-6-8-28-14-19-39-32(26-28)30-10-2-4-17-37-30/h1-4,9-10,13-14,16-19,25-26H,5-8,11-12,15,20-24,35H2,(H,40,43)(H,41,44). The van der Waals surface area contributed by atoms with E-state index in [1.807, 2.05) is 60.7 Å². The molecule has 0 fully saturated rings. The van der Waals surface area contributed by atoms with Crippen LogP contribution < -0.4 is 16.4 Å². The summed E-state index contributed by atoms with van der Waals surface area (Å²) in [5, 5.41) is 6.03. The normalized spacial score (nSPS) is 11.0. The van der Waals surface area contributed by atoms with Gasteiger partial charge in [-0.25, -0.2) is 0 Å². The van der Waals surface area contributed by atoms with E-state index in [0.717, 1.165) is 59.6 Å². The average molecular weight is 595 g/mol. The van der Waals surface area contributed by atoms with Gasteiger partial charge in [-0.2, -0.15) is 0 Å². The maximum atomic E-state index is 12.4. The van der Waals surface area contributed by atoms with Crippen molar-refractivity contribution in [2.75, 3.05) is 39.3 Å². The van der Waals surface area contributed by atoms with Crippen LogP contribution in [0.15, 0.2) is 85.5 Å². The third kappa shape index (κ3) is 11.3. The Bertz CT molecular complexity index is 1330. The monoisotopic (exact) mass is 594 g/mol. The second kappa shape index (κ2) is 18.2. The average Bonchev–Trinajstić information content (AvgIpc) is 3.06. The summed E-state index contributed by atoms with van der Waals surface area (Å²) >= 11 is 0. The summed E-state index contributed by atoms with van der Waals surface area (Å²) in [5.41, 5.74) is 11.4. The topological polar surface area (TPSA) is 139 Å². The number of hydrogen-bond acceptors (Lipinski definition) is 8. The highest BCUT2D eigenvalue weighted by Crippen LogP contribution is 2.17. The van der Waals surface area contributed by atoms with Gasteiger partial charge in [-0.3, -0.25) is 34.4 Å². The summed E-state index contributed by atoms with van der Waals surface area (Å²) in [7, 11) is 0. The molecule has 0 unspecified atom stereocenters. The van der Waals surface area contributed by atoms with Gasteiger partial charge in [0.25, 0.3) is 0 Å². The summed E-state index contributed by atoms with van der Waals surface area (Å²) in [6.45, 7) is 3.65. The van der Waals surface area contributed by atoms with Gasteiger partial charge in [-0.15, -0.1) is 0 Å². The van der Waals surface area contributed by atoms with Crippen molar-refractivity contribution < 1.29 is 9.59 Å². The number of nitrogens with two attached hydrogens (primary N) is 1. The third-order valence-corrected chi connectivity index (χ3v) is 7.19. The summed E-state index contributed by atoms with van der Waals surface area (Å²) in [6.07, 6.45) is 11.1. The van der Waals surface area contributed by atoms with E-state index in [2.05, 4.69) is 35.5 Å². The fraction of sp³-hybridized carbons (Fsp3) is 0.353. The van der Waals surface area contributed by atoms with Crippen molar-refractivity contribution in [3.63, 3.8) is 0 Å². The van der Waals surface area contributed by atoms with Crippen LogP contribution in [0.1, 0.15) is 36.8 Å². The van der Waals surface area contributed by atoms with Crippen LogP contribution in [-0.2, 0) is 22.4 Å². The Morgan fingerprint density at radius 2 is 1.09 bits per heavy atom. The van der Waals surface area contributed by atoms with Crippen LogP contribution in [0.4, 0.5) is 0 Å². The molecular weight excluding hydrogens is 552 g/mol. The molecule has 0 atom stereocenters. The second-order valence-electron chi connectivity index (χ2n) is 10.6. The van der Waals surface area contributed by atoms with Gasteiger partial charge in [0.2, 0.25) is 11.8 Å². The zero-order chi connectivity index (χ0) is 30.8. The molecule has 0 spiro atoms. The molecule has 4 rings (SSSR count). The summed E-state index contributed by atoms with van der Waals surface area (Å²) in [4.78, 5) is 44.5. The zero-order valence-electron chi connectivity index (χ0n) is 25.2. The van der Waals surface area contributed by atoms with Gasteiger partial charge >= 0.3 is 0 Å². The summed E-state index contributed by atoms with van der Waals surface area (Å²) < 4.78 is 0. The quantitative estimate of drug-likeness (QED) is 0.159. The molecule has 0 radical (unpaired) electrons. The lowest BCUT2D eigenvalue weighted by atomic mass is 10.1. The molecule has 0 aliphatic heterocycles. The highest BCUT2D eigenvalue weighted by Gasteiger charge is 2.09. The molecule has 0 aliphatic rings. The molecule has 0 aliphatic carbocycles. The highest BCUT2D eigenvalue weighted by atomic mass is 16.2. The van der Waals surface area contributed by atoms with E-state index in [1.165, 1.54) is 0 Å². The molecule has 4 aromatic rings. The van der Waals surface area contributed by atoms with E-state index in [1.54, 1.807) is 24.8 Å². The number of amides is 2. The van der Waals surface area contributed by atoms with Crippen molar-refractivity contribution in [1.29, 1.82) is 0 Å². The lowest BCUT2D eigenvalue weighted by Crippen LogP contribution is -2.41. The SMILES string of the molecule is NCCN(CCNC(=O)CCCc1ccnc(-c2ccccn2)c1)CCNC(=O)CCCc1ccnc(-c2ccccn2)c1. The van der Waals surface area contributed by atoms with Crippen LogP contribution in [-0.4, -0.2) is 75.9 Å². The summed E-state index contributed by atoms with van der Waals surface area (Å²) in [6, 6.07) is 19.5. The largest absolute Gasteiger partial charge is 0.355 e. The number of carbonyl (C=O) groups excluding carboxylic acids is 2. The second-order valence-corrected chi connectivity index (χ2v) is 10.6. The number of nitrogens with one attached hydrogen (secondary N) is 2. The van der Waals surface area contributed by atoms with Gasteiger partial charge < -0.3 is 16.4 Å². The van der Waals surface area contributed by atoms with E-state index in [-0.39, 0.29) is 11.8 Å². The van der Waals surface area contributed by atoms with Gasteiger partial charge in [0, 0.05) is 76.9 Å². The maximum Gasteiger partial charge on any atom is 0.220 e. The van der Waals surface area contributed by atoms with Crippen LogP contribution in [0.2, 0.25) is 0 Å². The Kier molecular flexibility index (Phi) is 13.4. The minimum Gasteiger partial charge on any atom is -0.355 e. The van der Waals surface area contributed by atoms with Crippen LogP contribution in [0, 0.1) is 0 Å². The Balaban J connectivity index is 1.08. The van der Waals surface area contributed by atoms with Crippen molar-refractivity contribution in [1.82, 2.24) is 35.5 Å². The van der Waals surface area contributed by atoms with E-state index >= 15 is 0 Å². The van der Waals surface area contributed by atoms with Crippen molar-refractivity contribution in [3.8, 4) is 22.8 Å². The smallest absolute Gasteiger partial charge is 0.220 e. The molecule has 0 saturated heterocycles. The number of aromatic nitrogens is 4. The highest BCUT2D eigenvalue weighted by molar-refractivity contribution is 5.76. The van der Waals surface area contributed by atoms with Gasteiger partial charge in [-0.05, 0) is 85.3 Å². The Labute approximate surface area is 259 Å². The molecule has 4 heterocycles.